The standard InChI is InChI=1S/C16H23NO/c1-17(11-12-6-7-12)9-8-14-10-13-4-2-3-5-15(13)16(14)18/h2-5,12,14,16,18H,6-11H2,1H3. The van der Waals surface area contributed by atoms with Crippen LogP contribution in [0.2, 0.25) is 0 Å². The first-order valence-corrected chi connectivity index (χ1v) is 7.18. The Morgan fingerprint density at radius 3 is 2.78 bits per heavy atom. The first-order valence-electron chi connectivity index (χ1n) is 7.18. The molecular formula is C16H23NO. The monoisotopic (exact) mass is 245 g/mol. The minimum Gasteiger partial charge on any atom is -0.388 e. The van der Waals surface area contributed by atoms with Crippen LogP contribution < -0.4 is 0 Å². The molecule has 0 aromatic heterocycles. The summed E-state index contributed by atoms with van der Waals surface area (Å²) in [6, 6.07) is 8.34. The molecule has 0 bridgehead atoms. The van der Waals surface area contributed by atoms with Crippen molar-refractivity contribution in [1.29, 1.82) is 0 Å². The van der Waals surface area contributed by atoms with Crippen LogP contribution in [-0.4, -0.2) is 30.1 Å². The van der Waals surface area contributed by atoms with Crippen molar-refractivity contribution in [3.05, 3.63) is 35.4 Å². The van der Waals surface area contributed by atoms with Crippen molar-refractivity contribution in [3.63, 3.8) is 0 Å². The van der Waals surface area contributed by atoms with Crippen molar-refractivity contribution in [2.24, 2.45) is 11.8 Å². The quantitative estimate of drug-likeness (QED) is 0.862. The molecule has 0 saturated heterocycles. The lowest BCUT2D eigenvalue weighted by Gasteiger charge is -2.20. The van der Waals surface area contributed by atoms with Crippen molar-refractivity contribution in [2.75, 3.05) is 20.1 Å². The third-order valence-corrected chi connectivity index (χ3v) is 4.45. The van der Waals surface area contributed by atoms with Gasteiger partial charge in [0.2, 0.25) is 0 Å². The van der Waals surface area contributed by atoms with Crippen molar-refractivity contribution in [1.82, 2.24) is 4.90 Å². The highest BCUT2D eigenvalue weighted by Gasteiger charge is 2.30. The molecule has 0 amide bonds. The summed E-state index contributed by atoms with van der Waals surface area (Å²) in [6.45, 7) is 2.36. The number of aliphatic hydroxyl groups is 1. The van der Waals surface area contributed by atoms with Crippen molar-refractivity contribution in [2.45, 2.75) is 31.8 Å². The molecule has 0 heterocycles. The van der Waals surface area contributed by atoms with E-state index in [1.807, 2.05) is 6.07 Å². The van der Waals surface area contributed by atoms with Crippen molar-refractivity contribution in [3.8, 4) is 0 Å². The number of hydrogen-bond donors (Lipinski definition) is 1. The third kappa shape index (κ3) is 2.60. The summed E-state index contributed by atoms with van der Waals surface area (Å²) in [7, 11) is 2.22. The zero-order valence-electron chi connectivity index (χ0n) is 11.2. The molecule has 2 aliphatic rings. The molecule has 3 rings (SSSR count). The minimum absolute atomic E-state index is 0.240. The molecule has 0 aliphatic heterocycles. The highest BCUT2D eigenvalue weighted by atomic mass is 16.3. The molecule has 2 atom stereocenters. The van der Waals surface area contributed by atoms with Crippen LogP contribution in [-0.2, 0) is 6.42 Å². The van der Waals surface area contributed by atoms with Gasteiger partial charge in [-0.15, -0.1) is 0 Å². The highest BCUT2D eigenvalue weighted by Crippen LogP contribution is 2.37. The average molecular weight is 245 g/mol. The van der Waals surface area contributed by atoms with Gasteiger partial charge in [-0.1, -0.05) is 24.3 Å². The summed E-state index contributed by atoms with van der Waals surface area (Å²) < 4.78 is 0. The third-order valence-electron chi connectivity index (χ3n) is 4.45. The van der Waals surface area contributed by atoms with Gasteiger partial charge in [-0.2, -0.15) is 0 Å². The van der Waals surface area contributed by atoms with Gasteiger partial charge in [-0.05, 0) is 62.2 Å². The molecule has 98 valence electrons. The van der Waals surface area contributed by atoms with Gasteiger partial charge < -0.3 is 10.0 Å². The van der Waals surface area contributed by atoms with Gasteiger partial charge in [0, 0.05) is 6.54 Å². The normalized spacial score (nSPS) is 26.6. The first kappa shape index (κ1) is 12.2. The topological polar surface area (TPSA) is 23.5 Å². The van der Waals surface area contributed by atoms with Crippen molar-refractivity contribution >= 4 is 0 Å². The van der Waals surface area contributed by atoms with Gasteiger partial charge in [-0.3, -0.25) is 0 Å². The zero-order chi connectivity index (χ0) is 12.5. The molecule has 1 saturated carbocycles. The Kier molecular flexibility index (Phi) is 3.40. The Balaban J connectivity index is 1.52. The van der Waals surface area contributed by atoms with E-state index in [2.05, 4.69) is 30.1 Å². The average Bonchev–Trinajstić information content (AvgIpc) is 3.12. The fraction of sp³-hybridized carbons (Fsp3) is 0.625. The van der Waals surface area contributed by atoms with Gasteiger partial charge >= 0.3 is 0 Å². The highest BCUT2D eigenvalue weighted by molar-refractivity contribution is 5.34. The number of rotatable bonds is 5. The van der Waals surface area contributed by atoms with Gasteiger partial charge in [-0.25, -0.2) is 0 Å². The van der Waals surface area contributed by atoms with Crippen molar-refractivity contribution < 1.29 is 5.11 Å². The maximum atomic E-state index is 10.3. The smallest absolute Gasteiger partial charge is 0.0824 e. The predicted molar refractivity (Wildman–Crippen MR) is 73.4 cm³/mol. The largest absolute Gasteiger partial charge is 0.388 e. The van der Waals surface area contributed by atoms with E-state index in [-0.39, 0.29) is 6.10 Å². The maximum Gasteiger partial charge on any atom is 0.0824 e. The van der Waals surface area contributed by atoms with Gasteiger partial charge in [0.1, 0.15) is 0 Å². The Morgan fingerprint density at radius 2 is 2.06 bits per heavy atom. The maximum absolute atomic E-state index is 10.3. The molecule has 2 unspecified atom stereocenters. The van der Waals surface area contributed by atoms with E-state index < -0.39 is 0 Å². The van der Waals surface area contributed by atoms with Crippen LogP contribution in [0.3, 0.4) is 0 Å². The van der Waals surface area contributed by atoms with Crippen LogP contribution in [0.4, 0.5) is 0 Å². The number of hydrogen-bond acceptors (Lipinski definition) is 2. The summed E-state index contributed by atoms with van der Waals surface area (Å²) in [6.07, 6.45) is 4.76. The number of fused-ring (bicyclic) bond motifs is 1. The summed E-state index contributed by atoms with van der Waals surface area (Å²) in [5.41, 5.74) is 2.51. The van der Waals surface area contributed by atoms with Gasteiger partial charge in [0.25, 0.3) is 0 Å². The van der Waals surface area contributed by atoms with Crippen LogP contribution >= 0.6 is 0 Å². The van der Waals surface area contributed by atoms with E-state index in [1.165, 1.54) is 24.9 Å². The summed E-state index contributed by atoms with van der Waals surface area (Å²) in [5.74, 6) is 1.38. The van der Waals surface area contributed by atoms with Crippen LogP contribution in [0.15, 0.2) is 24.3 Å². The van der Waals surface area contributed by atoms with Crippen LogP contribution in [0.25, 0.3) is 0 Å². The molecular weight excluding hydrogens is 222 g/mol. The van der Waals surface area contributed by atoms with E-state index in [0.717, 1.165) is 30.9 Å². The van der Waals surface area contributed by atoms with Gasteiger partial charge in [0.15, 0.2) is 0 Å². The molecule has 18 heavy (non-hydrogen) atoms. The van der Waals surface area contributed by atoms with E-state index in [0.29, 0.717) is 5.92 Å². The molecule has 2 nitrogen and oxygen atoms in total. The summed E-state index contributed by atoms with van der Waals surface area (Å²) in [4.78, 5) is 2.44. The predicted octanol–water partition coefficient (Wildman–Crippen LogP) is 2.62. The van der Waals surface area contributed by atoms with E-state index >= 15 is 0 Å². The zero-order valence-corrected chi connectivity index (χ0v) is 11.2. The minimum atomic E-state index is -0.240. The van der Waals surface area contributed by atoms with Gasteiger partial charge in [0.05, 0.1) is 6.10 Å². The molecule has 0 spiro atoms. The Hall–Kier alpha value is -0.860. The first-order chi connectivity index (χ1) is 8.74. The second kappa shape index (κ2) is 5.02. The Labute approximate surface area is 110 Å². The molecule has 1 aromatic rings. The Morgan fingerprint density at radius 1 is 1.28 bits per heavy atom. The second-order valence-corrected chi connectivity index (χ2v) is 6.10. The lowest BCUT2D eigenvalue weighted by molar-refractivity contribution is 0.110. The van der Waals surface area contributed by atoms with E-state index in [4.69, 9.17) is 0 Å². The molecule has 1 N–H and O–H groups in total. The SMILES string of the molecule is CN(CCC1Cc2ccccc2C1O)CC1CC1. The molecule has 0 radical (unpaired) electrons. The number of aliphatic hydroxyl groups excluding tert-OH is 1. The summed E-state index contributed by atoms with van der Waals surface area (Å²) >= 11 is 0. The fourth-order valence-corrected chi connectivity index (χ4v) is 3.14. The molecule has 2 aliphatic carbocycles. The van der Waals surface area contributed by atoms with E-state index in [9.17, 15) is 5.11 Å². The molecule has 2 heteroatoms. The summed E-state index contributed by atoms with van der Waals surface area (Å²) in [5, 5.41) is 10.3. The second-order valence-electron chi connectivity index (χ2n) is 6.10. The van der Waals surface area contributed by atoms with Crippen LogP contribution in [0, 0.1) is 11.8 Å². The molecule has 1 aromatic carbocycles. The lowest BCUT2D eigenvalue weighted by atomic mass is 9.99. The van der Waals surface area contributed by atoms with Crippen LogP contribution in [0.1, 0.15) is 36.5 Å². The Bertz CT molecular complexity index is 413. The number of nitrogens with zero attached hydrogens (tertiary/aromatic N) is 1. The number of benzene rings is 1. The van der Waals surface area contributed by atoms with Crippen LogP contribution in [0.5, 0.6) is 0 Å². The lowest BCUT2D eigenvalue weighted by Crippen LogP contribution is -2.25. The molecule has 1 fully saturated rings. The van der Waals surface area contributed by atoms with E-state index in [1.54, 1.807) is 0 Å². The fourth-order valence-electron chi connectivity index (χ4n) is 3.14.